The molecule has 4 atom stereocenters. The lowest BCUT2D eigenvalue weighted by atomic mass is 9.94. The Morgan fingerprint density at radius 1 is 0.659 bits per heavy atom. The van der Waals surface area contributed by atoms with Gasteiger partial charge in [0.1, 0.15) is 11.2 Å². The van der Waals surface area contributed by atoms with Crippen molar-refractivity contribution < 1.29 is 19.1 Å². The van der Waals surface area contributed by atoms with Crippen LogP contribution in [0.2, 0.25) is 10.0 Å². The van der Waals surface area contributed by atoms with E-state index in [1.165, 1.54) is 0 Å². The lowest BCUT2D eigenvalue weighted by Crippen LogP contribution is -2.48. The first kappa shape index (κ1) is 35.6. The van der Waals surface area contributed by atoms with Crippen LogP contribution in [0.25, 0.3) is 0 Å². The number of likely N-dealkylation sites (tertiary alicyclic amines) is 2. The van der Waals surface area contributed by atoms with E-state index < -0.39 is 11.2 Å². The molecule has 2 aliphatic heterocycles. The van der Waals surface area contributed by atoms with Crippen molar-refractivity contribution in [3.05, 3.63) is 58.6 Å². The number of hydrogen-bond donors (Lipinski definition) is 2. The standard InChI is InChI=1S/2C17H25ClN2O2/c2*1-12-11-20(16(21)22-17(2,3)4)10-9-15(12)19-14-7-5-13(18)6-8-14/h2*5-8,12,15,19H,9-11H2,1-4H3/t2*12-,15-/m10/s1. The average Bonchev–Trinajstić information content (AvgIpc) is 2.92. The molecule has 2 saturated heterocycles. The molecular weight excluding hydrogens is 599 g/mol. The maximum Gasteiger partial charge on any atom is 0.410 e. The third kappa shape index (κ3) is 11.9. The number of nitrogens with one attached hydrogen (secondary N) is 2. The number of carbonyl (C=O) groups is 2. The zero-order valence-corrected chi connectivity index (χ0v) is 29.0. The minimum Gasteiger partial charge on any atom is -0.444 e. The van der Waals surface area contributed by atoms with Crippen molar-refractivity contribution in [1.82, 2.24) is 9.80 Å². The van der Waals surface area contributed by atoms with Crippen LogP contribution in [0.15, 0.2) is 48.5 Å². The van der Waals surface area contributed by atoms with Crippen molar-refractivity contribution in [3.8, 4) is 0 Å². The zero-order valence-electron chi connectivity index (χ0n) is 27.5. The Kier molecular flexibility index (Phi) is 12.5. The predicted octanol–water partition coefficient (Wildman–Crippen LogP) is 8.79. The van der Waals surface area contributed by atoms with Crippen LogP contribution in [0.3, 0.4) is 0 Å². The Labute approximate surface area is 273 Å². The highest BCUT2D eigenvalue weighted by molar-refractivity contribution is 6.30. The molecule has 8 nitrogen and oxygen atoms in total. The van der Waals surface area contributed by atoms with Crippen LogP contribution in [0.1, 0.15) is 68.2 Å². The van der Waals surface area contributed by atoms with Gasteiger partial charge in [0.05, 0.1) is 0 Å². The van der Waals surface area contributed by atoms with Crippen molar-refractivity contribution in [2.24, 2.45) is 11.8 Å². The quantitative estimate of drug-likeness (QED) is 0.345. The highest BCUT2D eigenvalue weighted by atomic mass is 35.5. The Balaban J connectivity index is 0.000000240. The summed E-state index contributed by atoms with van der Waals surface area (Å²) in [4.78, 5) is 27.9. The summed E-state index contributed by atoms with van der Waals surface area (Å²) in [7, 11) is 0. The molecule has 2 N–H and O–H groups in total. The third-order valence-corrected chi connectivity index (χ3v) is 8.01. The molecule has 0 spiro atoms. The molecule has 2 heterocycles. The Bertz CT molecular complexity index is 1120. The lowest BCUT2D eigenvalue weighted by molar-refractivity contribution is 0.0155. The van der Waals surface area contributed by atoms with E-state index in [1.54, 1.807) is 9.80 Å². The predicted molar refractivity (Wildman–Crippen MR) is 181 cm³/mol. The van der Waals surface area contributed by atoms with Gasteiger partial charge in [0.15, 0.2) is 0 Å². The van der Waals surface area contributed by atoms with Crippen molar-refractivity contribution in [3.63, 3.8) is 0 Å². The van der Waals surface area contributed by atoms with Crippen LogP contribution in [0, 0.1) is 11.8 Å². The number of anilines is 2. The van der Waals surface area contributed by atoms with Crippen LogP contribution in [-0.4, -0.2) is 71.5 Å². The Morgan fingerprint density at radius 3 is 1.25 bits per heavy atom. The van der Waals surface area contributed by atoms with Gasteiger partial charge in [-0.2, -0.15) is 0 Å². The molecule has 2 aliphatic rings. The van der Waals surface area contributed by atoms with Gasteiger partial charge in [-0.05, 0) is 115 Å². The maximum absolute atomic E-state index is 12.1. The fourth-order valence-corrected chi connectivity index (χ4v) is 5.48. The highest BCUT2D eigenvalue weighted by Crippen LogP contribution is 2.25. The number of ether oxygens (including phenoxy) is 2. The van der Waals surface area contributed by atoms with Gasteiger partial charge in [0.25, 0.3) is 0 Å². The molecule has 2 aromatic rings. The summed E-state index contributed by atoms with van der Waals surface area (Å²) in [5.41, 5.74) is 1.23. The molecule has 0 aromatic heterocycles. The van der Waals surface area contributed by atoms with Gasteiger partial charge in [-0.15, -0.1) is 0 Å². The van der Waals surface area contributed by atoms with Crippen LogP contribution >= 0.6 is 23.2 Å². The second-order valence-electron chi connectivity index (χ2n) is 13.9. The summed E-state index contributed by atoms with van der Waals surface area (Å²) < 4.78 is 10.9. The van der Waals surface area contributed by atoms with Gasteiger partial charge < -0.3 is 29.9 Å². The molecule has 2 amide bonds. The summed E-state index contributed by atoms with van der Waals surface area (Å²) in [5, 5.41) is 8.53. The monoisotopic (exact) mass is 648 g/mol. The Hall–Kier alpha value is -2.84. The number of benzene rings is 2. The molecular formula is C34H50Cl2N4O4. The van der Waals surface area contributed by atoms with E-state index in [0.717, 1.165) is 34.3 Å². The summed E-state index contributed by atoms with van der Waals surface area (Å²) in [6.45, 7) is 18.5. The van der Waals surface area contributed by atoms with Crippen molar-refractivity contribution in [2.75, 3.05) is 36.8 Å². The third-order valence-electron chi connectivity index (χ3n) is 7.51. The first-order valence-corrected chi connectivity index (χ1v) is 16.2. The second-order valence-corrected chi connectivity index (χ2v) is 14.8. The molecule has 0 bridgehead atoms. The van der Waals surface area contributed by atoms with Crippen LogP contribution in [0.4, 0.5) is 21.0 Å². The van der Waals surface area contributed by atoms with Crippen molar-refractivity contribution >= 4 is 46.8 Å². The number of carbonyl (C=O) groups excluding carboxylic acids is 2. The highest BCUT2D eigenvalue weighted by Gasteiger charge is 2.32. The topological polar surface area (TPSA) is 83.1 Å². The molecule has 0 radical (unpaired) electrons. The van der Waals surface area contributed by atoms with Crippen molar-refractivity contribution in [2.45, 2.75) is 91.5 Å². The first-order valence-electron chi connectivity index (χ1n) is 15.5. The summed E-state index contributed by atoms with van der Waals surface area (Å²) in [6, 6.07) is 16.1. The summed E-state index contributed by atoms with van der Waals surface area (Å²) in [5.74, 6) is 0.717. The number of piperidine rings is 2. The van der Waals surface area contributed by atoms with E-state index in [9.17, 15) is 9.59 Å². The van der Waals surface area contributed by atoms with Gasteiger partial charge in [0.2, 0.25) is 0 Å². The summed E-state index contributed by atoms with van der Waals surface area (Å²) >= 11 is 11.8. The molecule has 2 aromatic carbocycles. The molecule has 2 fully saturated rings. The molecule has 244 valence electrons. The fraction of sp³-hybridized carbons (Fsp3) is 0.588. The zero-order chi connectivity index (χ0) is 32.7. The SMILES string of the molecule is C[C@@H]1CN(C(=O)OC(C)(C)C)CC[C@H]1Nc1ccc(Cl)cc1.C[C@H]1CN(C(=O)OC(C)(C)C)CC[C@@H]1Nc1ccc(Cl)cc1. The van der Waals surface area contributed by atoms with Gasteiger partial charge >= 0.3 is 12.2 Å². The smallest absolute Gasteiger partial charge is 0.410 e. The van der Waals surface area contributed by atoms with E-state index in [-0.39, 0.29) is 12.2 Å². The van der Waals surface area contributed by atoms with E-state index in [2.05, 4.69) is 24.5 Å². The number of nitrogens with zero attached hydrogens (tertiary/aromatic N) is 2. The van der Waals surface area contributed by atoms with Crippen LogP contribution in [-0.2, 0) is 9.47 Å². The van der Waals surface area contributed by atoms with Gasteiger partial charge in [-0.25, -0.2) is 9.59 Å². The average molecular weight is 650 g/mol. The Morgan fingerprint density at radius 2 is 0.977 bits per heavy atom. The first-order chi connectivity index (χ1) is 20.5. The van der Waals surface area contributed by atoms with E-state index >= 15 is 0 Å². The normalized spacial score (nSPS) is 22.3. The minimum atomic E-state index is -0.446. The molecule has 10 heteroatoms. The van der Waals surface area contributed by atoms with Crippen LogP contribution in [0.5, 0.6) is 0 Å². The fourth-order valence-electron chi connectivity index (χ4n) is 5.23. The van der Waals surface area contributed by atoms with Crippen LogP contribution < -0.4 is 10.6 Å². The summed E-state index contributed by atoms with van der Waals surface area (Å²) in [6.07, 6.45) is 1.38. The molecule has 0 saturated carbocycles. The largest absolute Gasteiger partial charge is 0.444 e. The van der Waals surface area contributed by atoms with Gasteiger partial charge in [0, 0.05) is 59.7 Å². The van der Waals surface area contributed by atoms with Gasteiger partial charge in [-0.3, -0.25) is 0 Å². The number of rotatable bonds is 4. The van der Waals surface area contributed by atoms with E-state index in [0.29, 0.717) is 50.1 Å². The number of amides is 2. The van der Waals surface area contributed by atoms with Crippen molar-refractivity contribution in [1.29, 1.82) is 0 Å². The molecule has 0 aliphatic carbocycles. The number of hydrogen-bond acceptors (Lipinski definition) is 6. The van der Waals surface area contributed by atoms with E-state index in [4.69, 9.17) is 32.7 Å². The number of halogens is 2. The molecule has 4 rings (SSSR count). The van der Waals surface area contributed by atoms with Gasteiger partial charge in [-0.1, -0.05) is 37.0 Å². The minimum absolute atomic E-state index is 0.218. The molecule has 44 heavy (non-hydrogen) atoms. The lowest BCUT2D eigenvalue weighted by Gasteiger charge is -2.38. The van der Waals surface area contributed by atoms with E-state index in [1.807, 2.05) is 90.1 Å². The second kappa shape index (κ2) is 15.4. The maximum atomic E-state index is 12.1. The molecule has 0 unspecified atom stereocenters.